The third kappa shape index (κ3) is 2.66. The van der Waals surface area contributed by atoms with Gasteiger partial charge in [0.15, 0.2) is 4.47 Å². The predicted molar refractivity (Wildman–Crippen MR) is 84.7 cm³/mol. The highest BCUT2D eigenvalue weighted by Gasteiger charge is 2.14. The Morgan fingerprint density at radius 2 is 1.45 bits per heavy atom. The van der Waals surface area contributed by atoms with Gasteiger partial charge in [-0.2, -0.15) is 0 Å². The van der Waals surface area contributed by atoms with Gasteiger partial charge in [0.05, 0.1) is 10.6 Å². The highest BCUT2D eigenvalue weighted by Crippen LogP contribution is 2.39. The number of aromatic nitrogens is 1. The Balaban J connectivity index is 2.12. The lowest BCUT2D eigenvalue weighted by atomic mass is 10.1. The smallest absolute Gasteiger partial charge is 0.184 e. The van der Waals surface area contributed by atoms with E-state index >= 15 is 0 Å². The normalized spacial score (nSPS) is 10.7. The molecule has 2 nitrogen and oxygen atoms in total. The summed E-state index contributed by atoms with van der Waals surface area (Å²) in [4.78, 5) is 5.36. The lowest BCUT2D eigenvalue weighted by Crippen LogP contribution is -1.81. The van der Waals surface area contributed by atoms with Crippen LogP contribution in [0.2, 0.25) is 9.49 Å². The fourth-order valence-corrected chi connectivity index (χ4v) is 3.17. The van der Waals surface area contributed by atoms with Crippen LogP contribution in [-0.2, 0) is 0 Å². The minimum absolute atomic E-state index is 0.234. The first-order valence-corrected chi connectivity index (χ1v) is 7.42. The molecule has 0 unspecified atom stereocenters. The highest BCUT2D eigenvalue weighted by atomic mass is 35.5. The Kier molecular flexibility index (Phi) is 3.66. The van der Waals surface area contributed by atoms with E-state index in [1.54, 1.807) is 12.1 Å². The summed E-state index contributed by atoms with van der Waals surface area (Å²) in [6.45, 7) is 0. The Morgan fingerprint density at radius 3 is 2.10 bits per heavy atom. The summed E-state index contributed by atoms with van der Waals surface area (Å²) in [5.74, 6) is 0.234. The molecule has 0 spiro atoms. The molecule has 5 heteroatoms. The molecule has 0 aliphatic carbocycles. The molecule has 3 rings (SSSR count). The van der Waals surface area contributed by atoms with Gasteiger partial charge in [-0.3, -0.25) is 0 Å². The van der Waals surface area contributed by atoms with Crippen molar-refractivity contribution in [2.24, 2.45) is 0 Å². The SMILES string of the molecule is Oc1ccc(-c2sc(Cl)nc2-c2ccc(Cl)cc2)cc1. The van der Waals surface area contributed by atoms with Crippen molar-refractivity contribution in [2.75, 3.05) is 0 Å². The van der Waals surface area contributed by atoms with Crippen LogP contribution in [0.15, 0.2) is 48.5 Å². The van der Waals surface area contributed by atoms with E-state index in [1.807, 2.05) is 36.4 Å². The molecule has 100 valence electrons. The topological polar surface area (TPSA) is 33.1 Å². The third-order valence-electron chi connectivity index (χ3n) is 2.85. The fraction of sp³-hybridized carbons (Fsp3) is 0. The lowest BCUT2D eigenvalue weighted by molar-refractivity contribution is 0.475. The zero-order valence-corrected chi connectivity index (χ0v) is 12.5. The highest BCUT2D eigenvalue weighted by molar-refractivity contribution is 7.19. The molecule has 0 atom stereocenters. The summed E-state index contributed by atoms with van der Waals surface area (Å²) in [5.41, 5.74) is 2.75. The van der Waals surface area contributed by atoms with Gasteiger partial charge in [0.2, 0.25) is 0 Å². The van der Waals surface area contributed by atoms with E-state index in [1.165, 1.54) is 11.3 Å². The number of phenols is 1. The second-order valence-corrected chi connectivity index (χ2v) is 6.22. The third-order valence-corrected chi connectivity index (χ3v) is 4.31. The molecule has 0 aliphatic rings. The summed E-state index contributed by atoms with van der Waals surface area (Å²) in [6, 6.07) is 14.5. The number of nitrogens with zero attached hydrogens (tertiary/aromatic N) is 1. The summed E-state index contributed by atoms with van der Waals surface area (Å²) in [7, 11) is 0. The van der Waals surface area contributed by atoms with Gasteiger partial charge >= 0.3 is 0 Å². The van der Waals surface area contributed by atoms with Crippen LogP contribution in [0, 0.1) is 0 Å². The van der Waals surface area contributed by atoms with Crippen molar-refractivity contribution in [3.05, 3.63) is 58.0 Å². The van der Waals surface area contributed by atoms with Crippen molar-refractivity contribution >= 4 is 34.5 Å². The van der Waals surface area contributed by atoms with Crippen molar-refractivity contribution in [3.8, 4) is 27.4 Å². The van der Waals surface area contributed by atoms with Crippen molar-refractivity contribution in [1.29, 1.82) is 0 Å². The van der Waals surface area contributed by atoms with E-state index in [9.17, 15) is 5.11 Å². The molecule has 1 N–H and O–H groups in total. The first-order valence-electron chi connectivity index (χ1n) is 5.85. The van der Waals surface area contributed by atoms with E-state index in [0.29, 0.717) is 9.49 Å². The standard InChI is InChI=1S/C15H9Cl2NOS/c16-11-5-1-9(2-6-11)13-14(20-15(17)18-13)10-3-7-12(19)8-4-10/h1-8,19H. The molecule has 0 radical (unpaired) electrons. The molecule has 0 saturated carbocycles. The van der Waals surface area contributed by atoms with Gasteiger partial charge in [-0.25, -0.2) is 4.98 Å². The Hall–Kier alpha value is -1.55. The summed E-state index contributed by atoms with van der Waals surface area (Å²) in [6.07, 6.45) is 0. The van der Waals surface area contributed by atoms with Gasteiger partial charge in [0, 0.05) is 10.6 Å². The van der Waals surface area contributed by atoms with Crippen molar-refractivity contribution in [3.63, 3.8) is 0 Å². The molecular formula is C15H9Cl2NOS. The number of rotatable bonds is 2. The van der Waals surface area contributed by atoms with Crippen LogP contribution in [0.25, 0.3) is 21.7 Å². The summed E-state index contributed by atoms with van der Waals surface area (Å²) < 4.78 is 0.484. The number of benzene rings is 2. The first kappa shape index (κ1) is 13.4. The number of halogens is 2. The molecule has 1 aromatic heterocycles. The minimum Gasteiger partial charge on any atom is -0.508 e. The van der Waals surface area contributed by atoms with Gasteiger partial charge < -0.3 is 5.11 Å². The van der Waals surface area contributed by atoms with E-state index < -0.39 is 0 Å². The lowest BCUT2D eigenvalue weighted by Gasteiger charge is -2.03. The van der Waals surface area contributed by atoms with E-state index in [0.717, 1.165) is 21.7 Å². The van der Waals surface area contributed by atoms with Gasteiger partial charge in [0.1, 0.15) is 5.75 Å². The van der Waals surface area contributed by atoms with Crippen LogP contribution in [0.1, 0.15) is 0 Å². The van der Waals surface area contributed by atoms with Crippen LogP contribution >= 0.6 is 34.5 Å². The second kappa shape index (κ2) is 5.44. The molecule has 0 fully saturated rings. The van der Waals surface area contributed by atoms with Crippen LogP contribution < -0.4 is 0 Å². The maximum Gasteiger partial charge on any atom is 0.184 e. The number of phenolic OH excluding ortho intramolecular Hbond substituents is 1. The maximum absolute atomic E-state index is 9.37. The summed E-state index contributed by atoms with van der Waals surface area (Å²) >= 11 is 13.4. The molecule has 1 heterocycles. The van der Waals surface area contributed by atoms with Crippen molar-refractivity contribution in [2.45, 2.75) is 0 Å². The fourth-order valence-electron chi connectivity index (χ4n) is 1.91. The number of hydrogen-bond acceptors (Lipinski definition) is 3. The molecule has 2 aromatic carbocycles. The molecule has 0 amide bonds. The minimum atomic E-state index is 0.234. The average Bonchev–Trinajstić information content (AvgIpc) is 2.82. The zero-order chi connectivity index (χ0) is 14.1. The average molecular weight is 322 g/mol. The molecular weight excluding hydrogens is 313 g/mol. The first-order chi connectivity index (χ1) is 9.63. The summed E-state index contributed by atoms with van der Waals surface area (Å²) in [5, 5.41) is 10.1. The largest absolute Gasteiger partial charge is 0.508 e. The predicted octanol–water partition coefficient (Wildman–Crippen LogP) is 5.49. The molecule has 0 saturated heterocycles. The van der Waals surface area contributed by atoms with E-state index in [4.69, 9.17) is 23.2 Å². The van der Waals surface area contributed by atoms with Gasteiger partial charge in [-0.1, -0.05) is 35.3 Å². The van der Waals surface area contributed by atoms with Gasteiger partial charge in [-0.15, -0.1) is 11.3 Å². The number of thiazole rings is 1. The van der Waals surface area contributed by atoms with Crippen molar-refractivity contribution in [1.82, 2.24) is 4.98 Å². The molecule has 20 heavy (non-hydrogen) atoms. The van der Waals surface area contributed by atoms with Crippen LogP contribution in [0.3, 0.4) is 0 Å². The van der Waals surface area contributed by atoms with Gasteiger partial charge in [0.25, 0.3) is 0 Å². The molecule has 0 bridgehead atoms. The second-order valence-electron chi connectivity index (χ2n) is 4.20. The Labute approximate surface area is 130 Å². The number of hydrogen-bond donors (Lipinski definition) is 1. The van der Waals surface area contributed by atoms with E-state index in [2.05, 4.69) is 4.98 Å². The van der Waals surface area contributed by atoms with E-state index in [-0.39, 0.29) is 5.75 Å². The van der Waals surface area contributed by atoms with Gasteiger partial charge in [-0.05, 0) is 42.0 Å². The Bertz CT molecular complexity index is 673. The van der Waals surface area contributed by atoms with Crippen LogP contribution in [0.5, 0.6) is 5.75 Å². The van der Waals surface area contributed by atoms with Crippen LogP contribution in [0.4, 0.5) is 0 Å². The number of aromatic hydroxyl groups is 1. The molecule has 0 aliphatic heterocycles. The van der Waals surface area contributed by atoms with Crippen LogP contribution in [-0.4, -0.2) is 10.1 Å². The zero-order valence-electron chi connectivity index (χ0n) is 10.2. The van der Waals surface area contributed by atoms with Crippen molar-refractivity contribution < 1.29 is 5.11 Å². The Morgan fingerprint density at radius 1 is 0.850 bits per heavy atom. The molecule has 3 aromatic rings. The monoisotopic (exact) mass is 321 g/mol. The maximum atomic E-state index is 9.37. The quantitative estimate of drug-likeness (QED) is 0.677.